The van der Waals surface area contributed by atoms with E-state index in [4.69, 9.17) is 10.7 Å². The van der Waals surface area contributed by atoms with Gasteiger partial charge in [0.2, 0.25) is 0 Å². The maximum atomic E-state index is 14.0. The number of nitrogens with zero attached hydrogens (tertiary/aromatic N) is 4. The Hall–Kier alpha value is -3.46. The molecule has 0 aliphatic carbocycles. The molecule has 9 heteroatoms. The number of hydrogen-bond acceptors (Lipinski definition) is 6. The van der Waals surface area contributed by atoms with Crippen LogP contribution in [0.5, 0.6) is 0 Å². The molecule has 1 aliphatic rings. The molecule has 4 heterocycles. The van der Waals surface area contributed by atoms with E-state index in [1.807, 2.05) is 17.0 Å². The van der Waals surface area contributed by atoms with Crippen molar-refractivity contribution in [2.75, 3.05) is 30.7 Å². The normalized spacial score (nSPS) is 13.1. The second kappa shape index (κ2) is 8.82. The Morgan fingerprint density at radius 1 is 1.24 bits per heavy atom. The van der Waals surface area contributed by atoms with E-state index in [-0.39, 0.29) is 5.82 Å². The number of nitrogens with one attached hydrogen (secondary N) is 3. The van der Waals surface area contributed by atoms with E-state index in [1.54, 1.807) is 0 Å². The fourth-order valence-corrected chi connectivity index (χ4v) is 4.47. The van der Waals surface area contributed by atoms with E-state index in [9.17, 15) is 4.39 Å². The molecule has 33 heavy (non-hydrogen) atoms. The predicted octanol–water partition coefficient (Wildman–Crippen LogP) is 3.35. The minimum atomic E-state index is -0.834. The maximum absolute atomic E-state index is 14.0. The summed E-state index contributed by atoms with van der Waals surface area (Å²) >= 11 is 0. The van der Waals surface area contributed by atoms with E-state index in [2.05, 4.69) is 57.6 Å². The zero-order valence-electron chi connectivity index (χ0n) is 19.0. The number of nitrogen functional groups attached to an aromatic ring is 1. The molecule has 0 amide bonds. The summed E-state index contributed by atoms with van der Waals surface area (Å²) in [5, 5.41) is 6.91. The van der Waals surface area contributed by atoms with Crippen LogP contribution in [-0.4, -0.2) is 44.1 Å². The third kappa shape index (κ3) is 4.28. The van der Waals surface area contributed by atoms with Gasteiger partial charge in [0.05, 0.1) is 0 Å². The number of rotatable bonds is 8. The molecule has 3 aromatic heterocycles. The summed E-state index contributed by atoms with van der Waals surface area (Å²) < 4.78 is 16.0. The Balaban J connectivity index is 1.56. The van der Waals surface area contributed by atoms with Crippen LogP contribution < -0.4 is 16.4 Å². The Labute approximate surface area is 191 Å². The van der Waals surface area contributed by atoms with Gasteiger partial charge in [-0.1, -0.05) is 19.9 Å². The van der Waals surface area contributed by atoms with Gasteiger partial charge in [-0.15, -0.1) is 0 Å². The van der Waals surface area contributed by atoms with Gasteiger partial charge in [0.15, 0.2) is 17.0 Å². The fourth-order valence-electron chi connectivity index (χ4n) is 4.47. The number of benzene rings is 1. The number of anilines is 2. The maximum Gasteiger partial charge on any atom is 0.312 e. The summed E-state index contributed by atoms with van der Waals surface area (Å²) in [5.74, 6) is 1.41. The quantitative estimate of drug-likeness (QED) is 0.243. The summed E-state index contributed by atoms with van der Waals surface area (Å²) in [6.45, 7) is 7.51. The lowest BCUT2D eigenvalue weighted by atomic mass is 9.95. The van der Waals surface area contributed by atoms with Gasteiger partial charge < -0.3 is 25.9 Å². The Morgan fingerprint density at radius 2 is 2.12 bits per heavy atom. The second-order valence-electron chi connectivity index (χ2n) is 8.95. The van der Waals surface area contributed by atoms with Gasteiger partial charge in [-0.2, -0.15) is 14.4 Å². The Morgan fingerprint density at radius 3 is 2.91 bits per heavy atom. The molecule has 0 saturated carbocycles. The topological polar surface area (TPSA) is 109 Å². The molecular formula is C24H29FN8. The number of H-pyrrole nitrogens is 1. The average Bonchev–Trinajstić information content (AvgIpc) is 3.51. The van der Waals surface area contributed by atoms with Gasteiger partial charge in [-0.25, -0.2) is 4.98 Å². The monoisotopic (exact) mass is 448 g/mol. The molecule has 8 nitrogen and oxygen atoms in total. The molecule has 172 valence electrons. The lowest BCUT2D eigenvalue weighted by molar-refractivity contribution is 0.517. The molecule has 1 aliphatic heterocycles. The number of aromatic nitrogens is 5. The van der Waals surface area contributed by atoms with Crippen LogP contribution in [0.1, 0.15) is 30.8 Å². The number of imidazole rings is 1. The zero-order valence-corrected chi connectivity index (χ0v) is 19.0. The van der Waals surface area contributed by atoms with Crippen molar-refractivity contribution in [3.63, 3.8) is 0 Å². The van der Waals surface area contributed by atoms with Crippen molar-refractivity contribution in [3.05, 3.63) is 53.6 Å². The number of fused-ring (bicyclic) bond motifs is 2. The lowest BCUT2D eigenvalue weighted by Gasteiger charge is -2.14. The summed E-state index contributed by atoms with van der Waals surface area (Å²) in [4.78, 5) is 15.7. The third-order valence-electron chi connectivity index (χ3n) is 6.03. The number of nitrogens with two attached hydrogens (primary N) is 1. The van der Waals surface area contributed by atoms with Crippen LogP contribution in [0.15, 0.2) is 30.6 Å². The third-order valence-corrected chi connectivity index (χ3v) is 6.03. The molecule has 0 atom stereocenters. The number of halogens is 1. The van der Waals surface area contributed by atoms with Crippen LogP contribution in [0.4, 0.5) is 15.9 Å². The van der Waals surface area contributed by atoms with Crippen molar-refractivity contribution in [2.24, 2.45) is 5.92 Å². The van der Waals surface area contributed by atoms with E-state index in [1.165, 1.54) is 11.3 Å². The predicted molar refractivity (Wildman–Crippen MR) is 129 cm³/mol. The first-order valence-corrected chi connectivity index (χ1v) is 11.4. The highest BCUT2D eigenvalue weighted by Gasteiger charge is 2.21. The summed E-state index contributed by atoms with van der Waals surface area (Å²) in [7, 11) is 0. The van der Waals surface area contributed by atoms with Gasteiger partial charge in [-0.05, 0) is 53.3 Å². The molecular weight excluding hydrogens is 419 g/mol. The first kappa shape index (κ1) is 21.4. The molecule has 0 saturated heterocycles. The smallest absolute Gasteiger partial charge is 0.312 e. The van der Waals surface area contributed by atoms with Gasteiger partial charge in [0.25, 0.3) is 0 Å². The van der Waals surface area contributed by atoms with Crippen molar-refractivity contribution in [1.29, 1.82) is 0 Å². The molecule has 4 aromatic rings. The standard InChI is InChI=1S/C24H29FN8/c1-14(2)12-28-7-8-33-20(30-21-22(26)31-24(25)32-23(21)33)10-17-9-15-4-6-29-19(15)11-18(17)16-3-5-27-13-16/h3,5,9,11,13-14,27-29H,4,6-8,10,12H2,1-2H3,(H2,26,31,32). The number of aromatic amines is 1. The van der Waals surface area contributed by atoms with Crippen LogP contribution in [-0.2, 0) is 19.4 Å². The van der Waals surface area contributed by atoms with Gasteiger partial charge in [0.1, 0.15) is 5.82 Å². The summed E-state index contributed by atoms with van der Waals surface area (Å²) in [6, 6.07) is 6.54. The summed E-state index contributed by atoms with van der Waals surface area (Å²) in [6.07, 6.45) is 4.66. The van der Waals surface area contributed by atoms with Crippen LogP contribution >= 0.6 is 0 Å². The molecule has 0 fully saturated rings. The highest BCUT2D eigenvalue weighted by atomic mass is 19.1. The lowest BCUT2D eigenvalue weighted by Crippen LogP contribution is -2.25. The van der Waals surface area contributed by atoms with E-state index >= 15 is 0 Å². The van der Waals surface area contributed by atoms with Gasteiger partial charge >= 0.3 is 6.08 Å². The highest BCUT2D eigenvalue weighted by Crippen LogP contribution is 2.34. The van der Waals surface area contributed by atoms with Gasteiger partial charge in [0, 0.05) is 44.1 Å². The van der Waals surface area contributed by atoms with Crippen molar-refractivity contribution in [1.82, 2.24) is 29.8 Å². The van der Waals surface area contributed by atoms with Crippen molar-refractivity contribution in [2.45, 2.75) is 33.2 Å². The Bertz CT molecular complexity index is 1280. The molecule has 0 unspecified atom stereocenters. The molecule has 5 rings (SSSR count). The van der Waals surface area contributed by atoms with Crippen LogP contribution in [0.25, 0.3) is 22.3 Å². The van der Waals surface area contributed by atoms with Crippen molar-refractivity contribution >= 4 is 22.7 Å². The Kier molecular flexibility index (Phi) is 5.72. The van der Waals surface area contributed by atoms with E-state index in [0.29, 0.717) is 30.0 Å². The van der Waals surface area contributed by atoms with Gasteiger partial charge in [-0.3, -0.25) is 0 Å². The second-order valence-corrected chi connectivity index (χ2v) is 8.95. The minimum Gasteiger partial charge on any atom is -0.384 e. The first-order valence-electron chi connectivity index (χ1n) is 11.4. The van der Waals surface area contributed by atoms with E-state index in [0.717, 1.165) is 48.6 Å². The van der Waals surface area contributed by atoms with Crippen LogP contribution in [0, 0.1) is 12.0 Å². The molecule has 5 N–H and O–H groups in total. The minimum absolute atomic E-state index is 0.0663. The van der Waals surface area contributed by atoms with Crippen molar-refractivity contribution in [3.8, 4) is 11.1 Å². The van der Waals surface area contributed by atoms with Crippen LogP contribution in [0.3, 0.4) is 0 Å². The molecule has 0 bridgehead atoms. The average molecular weight is 449 g/mol. The highest BCUT2D eigenvalue weighted by molar-refractivity contribution is 5.82. The van der Waals surface area contributed by atoms with Crippen LogP contribution in [0.2, 0.25) is 0 Å². The molecule has 0 radical (unpaired) electrons. The van der Waals surface area contributed by atoms with Crippen molar-refractivity contribution < 1.29 is 4.39 Å². The van der Waals surface area contributed by atoms with E-state index < -0.39 is 6.08 Å². The fraction of sp³-hybridized carbons (Fsp3) is 0.375. The summed E-state index contributed by atoms with van der Waals surface area (Å²) in [5.41, 5.74) is 12.8. The zero-order chi connectivity index (χ0) is 22.9. The molecule has 0 spiro atoms. The molecule has 1 aromatic carbocycles. The first-order chi connectivity index (χ1) is 16.0. The number of hydrogen-bond donors (Lipinski definition) is 4. The largest absolute Gasteiger partial charge is 0.384 e. The SMILES string of the molecule is CC(C)CNCCn1c(Cc2cc3c(cc2-c2cc[nH]c2)NCC3)nc2c(N)nc(F)nc21.